The molecule has 0 fully saturated rings. The summed E-state index contributed by atoms with van der Waals surface area (Å²) in [5.74, 6) is 6.30. The van der Waals surface area contributed by atoms with E-state index in [2.05, 4.69) is 38.4 Å². The summed E-state index contributed by atoms with van der Waals surface area (Å²) in [4.78, 5) is 22.7. The molecule has 1 amide bonds. The zero-order chi connectivity index (χ0) is 27.1. The summed E-state index contributed by atoms with van der Waals surface area (Å²) in [6.45, 7) is 3.93. The van der Waals surface area contributed by atoms with Crippen LogP contribution in [0.3, 0.4) is 0 Å². The van der Waals surface area contributed by atoms with Crippen LogP contribution in [0.5, 0.6) is 0 Å². The lowest BCUT2D eigenvalue weighted by atomic mass is 9.99. The predicted octanol–water partition coefficient (Wildman–Crippen LogP) is 4.52. The van der Waals surface area contributed by atoms with Crippen LogP contribution in [0.2, 0.25) is 0 Å². The zero-order valence-electron chi connectivity index (χ0n) is 21.5. The summed E-state index contributed by atoms with van der Waals surface area (Å²) in [6, 6.07) is 13.4. The molecular weight excluding hydrogens is 508 g/mol. The number of rotatable bonds is 4. The monoisotopic (exact) mass is 532 g/mol. The van der Waals surface area contributed by atoms with Crippen molar-refractivity contribution in [3.05, 3.63) is 94.4 Å². The summed E-state index contributed by atoms with van der Waals surface area (Å²) in [6.07, 6.45) is 5.08. The number of thiophene rings is 1. The van der Waals surface area contributed by atoms with Gasteiger partial charge in [0.05, 0.1) is 45.0 Å². The van der Waals surface area contributed by atoms with Crippen molar-refractivity contribution < 1.29 is 4.79 Å². The number of aryl methyl sites for hydroxylation is 1. The molecule has 0 aliphatic carbocycles. The van der Waals surface area contributed by atoms with Crippen molar-refractivity contribution in [1.29, 1.82) is 0 Å². The molecular formula is C29H24N8OS. The van der Waals surface area contributed by atoms with Gasteiger partial charge in [-0.15, -0.1) is 16.4 Å². The molecule has 192 valence electrons. The van der Waals surface area contributed by atoms with Gasteiger partial charge >= 0.3 is 0 Å². The van der Waals surface area contributed by atoms with Crippen LogP contribution in [0.15, 0.2) is 66.4 Å². The maximum atomic E-state index is 13.4. The number of pyridine rings is 1. The number of nitrogen functional groups attached to an aromatic ring is 1. The van der Waals surface area contributed by atoms with Crippen LogP contribution >= 0.6 is 11.3 Å². The molecule has 0 saturated heterocycles. The number of hydrogen-bond acceptors (Lipinski definition) is 7. The lowest BCUT2D eigenvalue weighted by Gasteiger charge is -2.18. The van der Waals surface area contributed by atoms with Crippen LogP contribution in [-0.4, -0.2) is 35.3 Å². The molecule has 1 aromatic carbocycles. The van der Waals surface area contributed by atoms with E-state index in [-0.39, 0.29) is 23.3 Å². The van der Waals surface area contributed by atoms with Gasteiger partial charge in [-0.3, -0.25) is 9.48 Å². The molecule has 0 saturated carbocycles. The number of nitrogens with one attached hydrogen (secondary N) is 1. The minimum absolute atomic E-state index is 0.126. The van der Waals surface area contributed by atoms with Crippen molar-refractivity contribution in [3.8, 4) is 23.1 Å². The number of carbonyl (C=O) groups is 1. The fourth-order valence-electron chi connectivity index (χ4n) is 4.44. The van der Waals surface area contributed by atoms with Gasteiger partial charge in [0.15, 0.2) is 11.5 Å². The first-order valence-electron chi connectivity index (χ1n) is 12.3. The van der Waals surface area contributed by atoms with E-state index in [4.69, 9.17) is 10.7 Å². The first kappa shape index (κ1) is 24.3. The fourth-order valence-corrected chi connectivity index (χ4v) is 5.32. The van der Waals surface area contributed by atoms with Gasteiger partial charge in [-0.1, -0.05) is 42.2 Å². The van der Waals surface area contributed by atoms with E-state index >= 15 is 0 Å². The van der Waals surface area contributed by atoms with E-state index in [1.54, 1.807) is 40.7 Å². The second kappa shape index (κ2) is 9.70. The Morgan fingerprint density at radius 2 is 1.95 bits per heavy atom. The maximum Gasteiger partial charge on any atom is 0.259 e. The molecule has 0 spiro atoms. The first-order chi connectivity index (χ1) is 18.9. The Kier molecular flexibility index (Phi) is 6.05. The minimum atomic E-state index is -0.377. The first-order valence-corrected chi connectivity index (χ1v) is 13.2. The third kappa shape index (κ3) is 4.39. The quantitative estimate of drug-likeness (QED) is 0.323. The molecule has 9 nitrogen and oxygen atoms in total. The molecule has 1 atom stereocenters. The second-order valence-corrected chi connectivity index (χ2v) is 10.1. The van der Waals surface area contributed by atoms with Gasteiger partial charge in [0.25, 0.3) is 5.91 Å². The Hall–Kier alpha value is -5.01. The SMILES string of the molecule is Cc1c(C#Cc2csc3cc([C@@H](C)NC(=O)c4c(N)nn5cccnc45)c(-c4ccccc4)nc23)cnn1C. The summed E-state index contributed by atoms with van der Waals surface area (Å²) >= 11 is 1.57. The van der Waals surface area contributed by atoms with Crippen LogP contribution in [0, 0.1) is 18.8 Å². The summed E-state index contributed by atoms with van der Waals surface area (Å²) in [5.41, 5.74) is 12.9. The number of nitrogens with two attached hydrogens (primary N) is 1. The summed E-state index contributed by atoms with van der Waals surface area (Å²) < 4.78 is 4.29. The Morgan fingerprint density at radius 3 is 2.72 bits per heavy atom. The second-order valence-electron chi connectivity index (χ2n) is 9.15. The Bertz CT molecular complexity index is 1920. The molecule has 5 heterocycles. The molecule has 6 aromatic rings. The average Bonchev–Trinajstić information content (AvgIpc) is 3.61. The van der Waals surface area contributed by atoms with Gasteiger partial charge in [-0.25, -0.2) is 14.5 Å². The Morgan fingerprint density at radius 1 is 1.15 bits per heavy atom. The van der Waals surface area contributed by atoms with Crippen molar-refractivity contribution in [2.75, 3.05) is 5.73 Å². The van der Waals surface area contributed by atoms with E-state index < -0.39 is 0 Å². The molecule has 6 rings (SSSR count). The third-order valence-electron chi connectivity index (χ3n) is 6.65. The van der Waals surface area contributed by atoms with E-state index in [1.807, 2.05) is 56.6 Å². The normalized spacial score (nSPS) is 11.9. The summed E-state index contributed by atoms with van der Waals surface area (Å²) in [5, 5.41) is 13.6. The fraction of sp³-hybridized carbons (Fsp3) is 0.138. The number of carbonyl (C=O) groups excluding carboxylic acids is 1. The van der Waals surface area contributed by atoms with Crippen molar-refractivity contribution in [2.24, 2.45) is 7.05 Å². The number of benzene rings is 1. The molecule has 0 radical (unpaired) electrons. The van der Waals surface area contributed by atoms with Gasteiger partial charge in [0, 0.05) is 35.9 Å². The van der Waals surface area contributed by atoms with E-state index in [0.29, 0.717) is 5.65 Å². The highest BCUT2D eigenvalue weighted by Gasteiger charge is 2.23. The maximum absolute atomic E-state index is 13.4. The van der Waals surface area contributed by atoms with Crippen LogP contribution in [0.4, 0.5) is 5.82 Å². The Balaban J connectivity index is 1.41. The molecule has 0 aliphatic rings. The van der Waals surface area contributed by atoms with Crippen molar-refractivity contribution in [2.45, 2.75) is 19.9 Å². The Labute approximate surface area is 228 Å². The number of aromatic nitrogens is 6. The van der Waals surface area contributed by atoms with Crippen molar-refractivity contribution in [1.82, 2.24) is 34.7 Å². The predicted molar refractivity (Wildman–Crippen MR) is 152 cm³/mol. The topological polar surface area (TPSA) is 116 Å². The molecule has 0 unspecified atom stereocenters. The molecule has 0 aliphatic heterocycles. The third-order valence-corrected chi connectivity index (χ3v) is 7.57. The number of fused-ring (bicyclic) bond motifs is 2. The van der Waals surface area contributed by atoms with Gasteiger partial charge in [0.1, 0.15) is 5.56 Å². The van der Waals surface area contributed by atoms with Crippen LogP contribution < -0.4 is 11.1 Å². The molecule has 0 bridgehead atoms. The highest BCUT2D eigenvalue weighted by atomic mass is 32.1. The smallest absolute Gasteiger partial charge is 0.259 e. The van der Waals surface area contributed by atoms with Gasteiger partial charge in [-0.05, 0) is 26.0 Å². The summed E-state index contributed by atoms with van der Waals surface area (Å²) in [7, 11) is 1.90. The highest BCUT2D eigenvalue weighted by molar-refractivity contribution is 7.17. The van der Waals surface area contributed by atoms with Gasteiger partial charge < -0.3 is 11.1 Å². The van der Waals surface area contributed by atoms with Crippen LogP contribution in [0.25, 0.3) is 27.1 Å². The zero-order valence-corrected chi connectivity index (χ0v) is 22.3. The molecule has 3 N–H and O–H groups in total. The standard InChI is InChI=1S/C29H24N8OS/c1-17(33-29(38)24-27(30)35-37-13-7-12-31-28(24)37)22-14-23-26(34-25(22)19-8-5-4-6-9-19)21(16-39-23)11-10-20-15-32-36(3)18(20)2/h4-9,12-17H,1-3H3,(H2,30,35)(H,33,38)/t17-/m1/s1. The minimum Gasteiger partial charge on any atom is -0.381 e. The van der Waals surface area contributed by atoms with E-state index in [9.17, 15) is 4.79 Å². The van der Waals surface area contributed by atoms with E-state index in [1.165, 1.54) is 4.52 Å². The highest BCUT2D eigenvalue weighted by Crippen LogP contribution is 2.34. The number of nitrogens with zero attached hydrogens (tertiary/aromatic N) is 6. The lowest BCUT2D eigenvalue weighted by Crippen LogP contribution is -2.28. The van der Waals surface area contributed by atoms with Gasteiger partial charge in [-0.2, -0.15) is 5.10 Å². The number of anilines is 1. The lowest BCUT2D eigenvalue weighted by molar-refractivity contribution is 0.0942. The van der Waals surface area contributed by atoms with E-state index in [0.717, 1.165) is 43.9 Å². The van der Waals surface area contributed by atoms with Crippen molar-refractivity contribution in [3.63, 3.8) is 0 Å². The molecule has 39 heavy (non-hydrogen) atoms. The molecule has 10 heteroatoms. The molecule has 5 aromatic heterocycles. The van der Waals surface area contributed by atoms with Crippen molar-refractivity contribution >= 4 is 38.9 Å². The van der Waals surface area contributed by atoms with Crippen LogP contribution in [-0.2, 0) is 7.05 Å². The largest absolute Gasteiger partial charge is 0.381 e. The average molecular weight is 533 g/mol. The number of amides is 1. The van der Waals surface area contributed by atoms with Crippen LogP contribution in [0.1, 0.15) is 45.7 Å². The number of hydrogen-bond donors (Lipinski definition) is 2. The van der Waals surface area contributed by atoms with Gasteiger partial charge in [0.2, 0.25) is 0 Å².